The van der Waals surface area contributed by atoms with Crippen molar-refractivity contribution in [1.29, 1.82) is 0 Å². The van der Waals surface area contributed by atoms with Crippen LogP contribution in [0.2, 0.25) is 0 Å². The Bertz CT molecular complexity index is 1060. The van der Waals surface area contributed by atoms with Crippen molar-refractivity contribution in [1.82, 2.24) is 0 Å². The van der Waals surface area contributed by atoms with Gasteiger partial charge in [-0.1, -0.05) is 49.3 Å². The average molecular weight is 336 g/mol. The third-order valence-corrected chi connectivity index (χ3v) is 4.74. The molecule has 2 atom stereocenters. The lowest BCUT2D eigenvalue weighted by molar-refractivity contribution is -0.125. The van der Waals surface area contributed by atoms with Crippen LogP contribution in [0.15, 0.2) is 76.6 Å². The Morgan fingerprint density at radius 2 is 1.62 bits per heavy atom. The Morgan fingerprint density at radius 3 is 2.08 bits per heavy atom. The summed E-state index contributed by atoms with van der Waals surface area (Å²) in [5.41, 5.74) is 18.7. The van der Waals surface area contributed by atoms with E-state index in [1.807, 2.05) is 20.8 Å². The number of hydrogen-bond acceptors (Lipinski definition) is 1. The van der Waals surface area contributed by atoms with Gasteiger partial charge in [0.1, 0.15) is 0 Å². The van der Waals surface area contributed by atoms with E-state index in [1.54, 1.807) is 6.92 Å². The summed E-state index contributed by atoms with van der Waals surface area (Å²) in [6.07, 6.45) is 5.32. The number of rotatable bonds is 1. The Morgan fingerprint density at radius 1 is 0.962 bits per heavy atom. The molecule has 1 fully saturated rings. The molecule has 0 spiro atoms. The van der Waals surface area contributed by atoms with Crippen LogP contribution in [0.25, 0.3) is 0 Å². The van der Waals surface area contributed by atoms with Gasteiger partial charge in [0.25, 0.3) is 0 Å². The zero-order valence-corrected chi connectivity index (χ0v) is 15.7. The number of allylic oxidation sites excluding steroid dienone is 3. The Hall–Kier alpha value is -3.53. The van der Waals surface area contributed by atoms with Gasteiger partial charge in [0, 0.05) is 11.1 Å². The van der Waals surface area contributed by atoms with Crippen molar-refractivity contribution >= 4 is 5.78 Å². The molecule has 0 heterocycles. The summed E-state index contributed by atoms with van der Waals surface area (Å²) in [4.78, 5) is 13.5. The topological polar surface area (TPSA) is 17.1 Å². The molecule has 1 aliphatic rings. The normalized spacial score (nSPS) is 23.7. The summed E-state index contributed by atoms with van der Waals surface area (Å²) >= 11 is 0. The molecule has 0 aliphatic heterocycles. The zero-order valence-electron chi connectivity index (χ0n) is 15.7. The maximum atomic E-state index is 13.5. The molecule has 2 unspecified atom stereocenters. The van der Waals surface area contributed by atoms with Gasteiger partial charge in [-0.3, -0.25) is 4.79 Å². The molecule has 1 rings (SSSR count). The molecule has 1 heteroatoms. The molecular weight excluding hydrogens is 316 g/mol. The lowest BCUT2D eigenvalue weighted by Gasteiger charge is -2.44. The first-order valence-electron chi connectivity index (χ1n) is 8.00. The maximum absolute atomic E-state index is 13.5. The summed E-state index contributed by atoms with van der Waals surface area (Å²) < 4.78 is 0. The fraction of sp³-hybridized carbons (Fsp3) is 0.280. The maximum Gasteiger partial charge on any atom is 0.180 e. The highest BCUT2D eigenvalue weighted by atomic mass is 16.1. The number of carbonyl (C=O) groups excluding carboxylic acids is 1. The summed E-state index contributed by atoms with van der Waals surface area (Å²) in [5, 5.41) is 0. The van der Waals surface area contributed by atoms with Crippen LogP contribution in [0.1, 0.15) is 27.7 Å². The second kappa shape index (κ2) is 8.03. The number of ketones is 1. The van der Waals surface area contributed by atoms with Crippen LogP contribution >= 0.6 is 0 Å². The van der Waals surface area contributed by atoms with Crippen LogP contribution < -0.4 is 0 Å². The zero-order chi connectivity index (χ0) is 20.0. The van der Waals surface area contributed by atoms with Crippen LogP contribution in [0.5, 0.6) is 0 Å². The fourth-order valence-electron chi connectivity index (χ4n) is 2.94. The summed E-state index contributed by atoms with van der Waals surface area (Å²) in [6.45, 7) is 18.4. The molecule has 0 aromatic heterocycles. The van der Waals surface area contributed by atoms with Crippen molar-refractivity contribution in [2.75, 3.05) is 0 Å². The minimum Gasteiger partial charge on any atom is -0.293 e. The van der Waals surface area contributed by atoms with Crippen molar-refractivity contribution in [2.45, 2.75) is 27.7 Å². The van der Waals surface area contributed by atoms with Gasteiger partial charge in [-0.2, -0.15) is 0 Å². The highest BCUT2D eigenvalue weighted by Crippen LogP contribution is 2.54. The summed E-state index contributed by atoms with van der Waals surface area (Å²) in [5.74, 6) is 7.67. The average Bonchev–Trinajstić information content (AvgIpc) is 2.61. The van der Waals surface area contributed by atoms with Gasteiger partial charge < -0.3 is 0 Å². The van der Waals surface area contributed by atoms with Crippen molar-refractivity contribution in [3.63, 3.8) is 0 Å². The van der Waals surface area contributed by atoms with E-state index in [9.17, 15) is 4.79 Å². The van der Waals surface area contributed by atoms with Gasteiger partial charge in [0.05, 0.1) is 16.4 Å². The van der Waals surface area contributed by atoms with Gasteiger partial charge in [-0.15, -0.1) is 12.2 Å². The van der Waals surface area contributed by atoms with E-state index in [4.69, 9.17) is 6.42 Å². The van der Waals surface area contributed by atoms with E-state index in [2.05, 4.69) is 77.6 Å². The molecule has 126 valence electrons. The van der Waals surface area contributed by atoms with E-state index in [0.29, 0.717) is 16.7 Å². The van der Waals surface area contributed by atoms with Crippen LogP contribution in [-0.4, -0.2) is 5.78 Å². The first-order valence-corrected chi connectivity index (χ1v) is 8.00. The molecule has 0 aromatic rings. The van der Waals surface area contributed by atoms with Gasteiger partial charge in [0.2, 0.25) is 0 Å². The predicted octanol–water partition coefficient (Wildman–Crippen LogP) is 4.63. The number of terminal acetylenes is 1. The quantitative estimate of drug-likeness (QED) is 0.388. The molecule has 0 N–H and O–H groups in total. The largest absolute Gasteiger partial charge is 0.293 e. The second-order valence-corrected chi connectivity index (χ2v) is 6.36. The SMILES string of the molecule is C#CC#CC1(C)C(=C=C=C=C=C)C(=O)C(C)(C(C)C)C(=C=C)C1=C=C=C. The van der Waals surface area contributed by atoms with Crippen LogP contribution in [0, 0.1) is 40.9 Å². The number of hydrogen-bond donors (Lipinski definition) is 0. The number of Topliss-reactive ketones (excluding diaryl/α,β-unsaturated/α-hetero) is 1. The second-order valence-electron chi connectivity index (χ2n) is 6.36. The van der Waals surface area contributed by atoms with E-state index in [-0.39, 0.29) is 11.7 Å². The summed E-state index contributed by atoms with van der Waals surface area (Å²) in [7, 11) is 0. The van der Waals surface area contributed by atoms with Crippen molar-refractivity contribution in [3.05, 3.63) is 76.6 Å². The molecule has 1 nitrogen and oxygen atoms in total. The molecule has 26 heavy (non-hydrogen) atoms. The van der Waals surface area contributed by atoms with Crippen molar-refractivity contribution in [3.8, 4) is 24.2 Å². The smallest absolute Gasteiger partial charge is 0.180 e. The molecule has 0 saturated heterocycles. The molecule has 0 amide bonds. The molecule has 0 radical (unpaired) electrons. The Kier molecular flexibility index (Phi) is 6.34. The fourth-order valence-corrected chi connectivity index (χ4v) is 2.94. The number of carbonyl (C=O) groups is 1. The lowest BCUT2D eigenvalue weighted by Crippen LogP contribution is -2.47. The van der Waals surface area contributed by atoms with E-state index < -0.39 is 10.8 Å². The predicted molar refractivity (Wildman–Crippen MR) is 105 cm³/mol. The van der Waals surface area contributed by atoms with Gasteiger partial charge in [0.15, 0.2) is 5.78 Å². The summed E-state index contributed by atoms with van der Waals surface area (Å²) in [6, 6.07) is 0. The first-order chi connectivity index (χ1) is 12.2. The highest BCUT2D eigenvalue weighted by molar-refractivity contribution is 6.07. The van der Waals surface area contributed by atoms with Crippen molar-refractivity contribution < 1.29 is 4.79 Å². The van der Waals surface area contributed by atoms with E-state index >= 15 is 0 Å². The third kappa shape index (κ3) is 3.17. The molecule has 1 saturated carbocycles. The Balaban J connectivity index is 4.33. The molecular formula is C25H20O. The minimum atomic E-state index is -1.08. The molecule has 0 bridgehead atoms. The molecule has 0 aromatic carbocycles. The van der Waals surface area contributed by atoms with E-state index in [1.165, 1.54) is 0 Å². The Labute approximate surface area is 156 Å². The van der Waals surface area contributed by atoms with Crippen LogP contribution in [0.4, 0.5) is 0 Å². The van der Waals surface area contributed by atoms with Gasteiger partial charge in [-0.05, 0) is 56.2 Å². The van der Waals surface area contributed by atoms with Crippen LogP contribution in [-0.2, 0) is 4.79 Å². The lowest BCUT2D eigenvalue weighted by atomic mass is 9.54. The highest BCUT2D eigenvalue weighted by Gasteiger charge is 2.55. The molecule has 1 aliphatic carbocycles. The standard InChI is InChI=1S/C25H20O/c1-9-13-15-17-22-23(26)25(8,19(5)6)20(12-4)21(16-11-3)24(22,7)18-14-10-2/h2,19H,1,3-4H2,5-8H3. The van der Waals surface area contributed by atoms with Gasteiger partial charge >= 0.3 is 0 Å². The first kappa shape index (κ1) is 20.5. The van der Waals surface area contributed by atoms with Crippen LogP contribution in [0.3, 0.4) is 0 Å². The van der Waals surface area contributed by atoms with E-state index in [0.717, 1.165) is 0 Å². The third-order valence-electron chi connectivity index (χ3n) is 4.74. The monoisotopic (exact) mass is 336 g/mol. The minimum absolute atomic E-state index is 0.0401. The van der Waals surface area contributed by atoms with Gasteiger partial charge in [-0.25, -0.2) is 0 Å². The van der Waals surface area contributed by atoms with Crippen molar-refractivity contribution in [2.24, 2.45) is 16.7 Å².